The lowest BCUT2D eigenvalue weighted by molar-refractivity contribution is -0.116. The van der Waals surface area contributed by atoms with Gasteiger partial charge in [0.15, 0.2) is 0 Å². The van der Waals surface area contributed by atoms with Crippen LogP contribution in [-0.4, -0.2) is 20.7 Å². The monoisotopic (exact) mass is 393 g/mol. The van der Waals surface area contributed by atoms with Gasteiger partial charge in [-0.05, 0) is 35.8 Å². The number of fused-ring (bicyclic) bond motifs is 1. The van der Waals surface area contributed by atoms with E-state index in [1.54, 1.807) is 4.68 Å². The number of anilines is 2. The molecule has 4 rings (SSSR count). The molecule has 6 nitrogen and oxygen atoms in total. The SMILES string of the molecule is CCCC(=O)Nc1nc2n(n1)C(c1ccccc1)C=C(c1ccc(Cl)cc1)N2. The number of hydrogen-bond donors (Lipinski definition) is 2. The third-order valence-corrected chi connectivity index (χ3v) is 4.74. The zero-order valence-corrected chi connectivity index (χ0v) is 16.1. The fourth-order valence-corrected chi connectivity index (χ4v) is 3.27. The van der Waals surface area contributed by atoms with E-state index in [2.05, 4.69) is 26.8 Å². The van der Waals surface area contributed by atoms with Gasteiger partial charge in [0.1, 0.15) is 6.04 Å². The van der Waals surface area contributed by atoms with Crippen molar-refractivity contribution >= 4 is 35.1 Å². The third-order valence-electron chi connectivity index (χ3n) is 4.49. The summed E-state index contributed by atoms with van der Waals surface area (Å²) in [6.45, 7) is 1.96. The lowest BCUT2D eigenvalue weighted by atomic mass is 10.0. The van der Waals surface area contributed by atoms with E-state index in [1.165, 1.54) is 0 Å². The van der Waals surface area contributed by atoms with Crippen molar-refractivity contribution in [2.45, 2.75) is 25.8 Å². The largest absolute Gasteiger partial charge is 0.324 e. The summed E-state index contributed by atoms with van der Waals surface area (Å²) in [6, 6.07) is 17.5. The molecule has 1 unspecified atom stereocenters. The highest BCUT2D eigenvalue weighted by Crippen LogP contribution is 2.33. The van der Waals surface area contributed by atoms with E-state index >= 15 is 0 Å². The van der Waals surface area contributed by atoms with Gasteiger partial charge in [0, 0.05) is 17.1 Å². The minimum atomic E-state index is -0.146. The van der Waals surface area contributed by atoms with Crippen molar-refractivity contribution in [2.75, 3.05) is 10.6 Å². The highest BCUT2D eigenvalue weighted by Gasteiger charge is 2.25. The molecule has 2 N–H and O–H groups in total. The Balaban J connectivity index is 1.72. The Morgan fingerprint density at radius 3 is 2.64 bits per heavy atom. The smallest absolute Gasteiger partial charge is 0.250 e. The summed E-state index contributed by atoms with van der Waals surface area (Å²) in [5, 5.41) is 11.3. The van der Waals surface area contributed by atoms with Crippen LogP contribution in [0.3, 0.4) is 0 Å². The molecule has 1 aliphatic rings. The average Bonchev–Trinajstić information content (AvgIpc) is 3.10. The first-order valence-corrected chi connectivity index (χ1v) is 9.58. The highest BCUT2D eigenvalue weighted by molar-refractivity contribution is 6.30. The second-order valence-corrected chi connectivity index (χ2v) is 7.01. The molecule has 0 fully saturated rings. The number of nitrogens with one attached hydrogen (secondary N) is 2. The van der Waals surface area contributed by atoms with Gasteiger partial charge in [-0.25, -0.2) is 4.68 Å². The average molecular weight is 394 g/mol. The van der Waals surface area contributed by atoms with E-state index < -0.39 is 0 Å². The highest BCUT2D eigenvalue weighted by atomic mass is 35.5. The van der Waals surface area contributed by atoms with Crippen molar-refractivity contribution in [2.24, 2.45) is 0 Å². The van der Waals surface area contributed by atoms with E-state index in [-0.39, 0.29) is 11.9 Å². The van der Waals surface area contributed by atoms with Crippen molar-refractivity contribution in [3.63, 3.8) is 0 Å². The van der Waals surface area contributed by atoms with Gasteiger partial charge in [-0.1, -0.05) is 61.0 Å². The van der Waals surface area contributed by atoms with Crippen molar-refractivity contribution in [1.82, 2.24) is 14.8 Å². The summed E-state index contributed by atoms with van der Waals surface area (Å²) in [4.78, 5) is 16.4. The second kappa shape index (κ2) is 7.86. The number of carbonyl (C=O) groups is 1. The summed E-state index contributed by atoms with van der Waals surface area (Å²) in [5.41, 5.74) is 2.99. The Kier molecular flexibility index (Phi) is 5.12. The molecule has 0 saturated heterocycles. The minimum Gasteiger partial charge on any atom is -0.324 e. The van der Waals surface area contributed by atoms with E-state index in [1.807, 2.05) is 61.5 Å². The van der Waals surface area contributed by atoms with E-state index in [0.29, 0.717) is 23.3 Å². The van der Waals surface area contributed by atoms with Crippen molar-refractivity contribution < 1.29 is 4.79 Å². The lowest BCUT2D eigenvalue weighted by Gasteiger charge is -2.24. The number of rotatable bonds is 5. The summed E-state index contributed by atoms with van der Waals surface area (Å²) >= 11 is 6.03. The lowest BCUT2D eigenvalue weighted by Crippen LogP contribution is -2.20. The van der Waals surface area contributed by atoms with Crippen LogP contribution in [0.5, 0.6) is 0 Å². The van der Waals surface area contributed by atoms with Crippen LogP contribution in [0.2, 0.25) is 5.02 Å². The molecule has 142 valence electrons. The van der Waals surface area contributed by atoms with Crippen molar-refractivity contribution in [3.8, 4) is 0 Å². The molecule has 2 heterocycles. The van der Waals surface area contributed by atoms with E-state index in [0.717, 1.165) is 23.2 Å². The fraction of sp³-hybridized carbons (Fsp3) is 0.190. The summed E-state index contributed by atoms with van der Waals surface area (Å²) in [6.07, 6.45) is 3.30. The summed E-state index contributed by atoms with van der Waals surface area (Å²) in [7, 11) is 0. The van der Waals surface area contributed by atoms with Gasteiger partial charge in [0.05, 0.1) is 0 Å². The molecule has 0 bridgehead atoms. The number of benzene rings is 2. The normalized spacial score (nSPS) is 15.4. The van der Waals surface area contributed by atoms with Gasteiger partial charge in [-0.2, -0.15) is 4.98 Å². The molecule has 0 radical (unpaired) electrons. The van der Waals surface area contributed by atoms with Gasteiger partial charge in [-0.3, -0.25) is 10.1 Å². The number of nitrogens with zero attached hydrogens (tertiary/aromatic N) is 3. The number of carbonyl (C=O) groups excluding carboxylic acids is 1. The first-order valence-electron chi connectivity index (χ1n) is 9.20. The molecule has 28 heavy (non-hydrogen) atoms. The maximum atomic E-state index is 11.9. The van der Waals surface area contributed by atoms with Gasteiger partial charge < -0.3 is 5.32 Å². The number of halogens is 1. The number of allylic oxidation sites excluding steroid dienone is 1. The maximum Gasteiger partial charge on any atom is 0.250 e. The molecule has 1 aliphatic heterocycles. The van der Waals surface area contributed by atoms with Crippen LogP contribution in [0.15, 0.2) is 60.7 Å². The molecular formula is C21H20ClN5O. The Morgan fingerprint density at radius 2 is 1.93 bits per heavy atom. The van der Waals surface area contributed by atoms with Crippen LogP contribution in [0.1, 0.15) is 36.9 Å². The zero-order valence-electron chi connectivity index (χ0n) is 15.4. The van der Waals surface area contributed by atoms with Crippen LogP contribution >= 0.6 is 11.6 Å². The van der Waals surface area contributed by atoms with Crippen LogP contribution in [-0.2, 0) is 4.79 Å². The first-order chi connectivity index (χ1) is 13.6. The molecule has 1 atom stereocenters. The maximum absolute atomic E-state index is 11.9. The van der Waals surface area contributed by atoms with Crippen LogP contribution in [0.4, 0.5) is 11.9 Å². The second-order valence-electron chi connectivity index (χ2n) is 6.57. The predicted octanol–water partition coefficient (Wildman–Crippen LogP) is 4.73. The van der Waals surface area contributed by atoms with Gasteiger partial charge in [0.25, 0.3) is 5.95 Å². The van der Waals surface area contributed by atoms with E-state index in [4.69, 9.17) is 11.6 Å². The van der Waals surface area contributed by atoms with Crippen molar-refractivity contribution in [3.05, 3.63) is 76.8 Å². The Hall–Kier alpha value is -3.12. The summed E-state index contributed by atoms with van der Waals surface area (Å²) < 4.78 is 1.79. The predicted molar refractivity (Wildman–Crippen MR) is 111 cm³/mol. The number of amides is 1. The van der Waals surface area contributed by atoms with Crippen LogP contribution in [0, 0.1) is 0 Å². The molecular weight excluding hydrogens is 374 g/mol. The quantitative estimate of drug-likeness (QED) is 0.657. The Bertz CT molecular complexity index is 1010. The van der Waals surface area contributed by atoms with Crippen LogP contribution < -0.4 is 10.6 Å². The standard InChI is InChI=1S/C21H20ClN5O/c1-2-6-19(28)24-20-25-21-23-17(14-9-11-16(22)12-10-14)13-18(27(21)26-20)15-7-4-3-5-8-15/h3-5,7-13,18H,2,6H2,1H3,(H2,23,24,25,26,28). The van der Waals surface area contributed by atoms with Gasteiger partial charge >= 0.3 is 0 Å². The molecule has 1 amide bonds. The van der Waals surface area contributed by atoms with Crippen molar-refractivity contribution in [1.29, 1.82) is 0 Å². The molecule has 0 aliphatic carbocycles. The fourth-order valence-electron chi connectivity index (χ4n) is 3.15. The number of aromatic nitrogens is 3. The molecule has 1 aromatic heterocycles. The topological polar surface area (TPSA) is 71.8 Å². The molecule has 3 aromatic rings. The van der Waals surface area contributed by atoms with Crippen LogP contribution in [0.25, 0.3) is 5.70 Å². The zero-order chi connectivity index (χ0) is 19.5. The third kappa shape index (κ3) is 3.77. The molecule has 2 aromatic carbocycles. The molecule has 0 saturated carbocycles. The summed E-state index contributed by atoms with van der Waals surface area (Å²) in [5.74, 6) is 0.785. The first kappa shape index (κ1) is 18.3. The molecule has 0 spiro atoms. The van der Waals surface area contributed by atoms with Gasteiger partial charge in [0.2, 0.25) is 11.9 Å². The van der Waals surface area contributed by atoms with E-state index in [9.17, 15) is 4.79 Å². The van der Waals surface area contributed by atoms with Gasteiger partial charge in [-0.15, -0.1) is 5.10 Å². The number of hydrogen-bond acceptors (Lipinski definition) is 4. The molecule has 7 heteroatoms. The Morgan fingerprint density at radius 1 is 1.18 bits per heavy atom. The minimum absolute atomic E-state index is 0.0902. The Labute approximate surface area is 168 Å².